The van der Waals surface area contributed by atoms with Crippen molar-refractivity contribution >= 4 is 38.8 Å². The second-order valence-electron chi connectivity index (χ2n) is 6.58. The topological polar surface area (TPSA) is 78.0 Å². The van der Waals surface area contributed by atoms with Gasteiger partial charge in [0.1, 0.15) is 0 Å². The molecule has 0 fully saturated rings. The second-order valence-corrected chi connectivity index (χ2v) is 9.89. The number of anilines is 1. The standard InChI is InChI=1S/C19H23N3O2S2/c1-12(2)26(23,24)22-17-11-14(9-10-16(17)21-19(22)20)18(25-4)15-8-6-5-7-13(15)3/h5-12,15,18H,3H2,1-2,4H3,(H2,20,21). The molecule has 0 aliphatic heterocycles. The van der Waals surface area contributed by atoms with Gasteiger partial charge in [-0.1, -0.05) is 36.9 Å². The van der Waals surface area contributed by atoms with Gasteiger partial charge in [0.25, 0.3) is 0 Å². The second kappa shape index (κ2) is 6.96. The summed E-state index contributed by atoms with van der Waals surface area (Å²) in [6, 6.07) is 5.71. The van der Waals surface area contributed by atoms with Gasteiger partial charge >= 0.3 is 0 Å². The van der Waals surface area contributed by atoms with Crippen LogP contribution in [-0.2, 0) is 10.0 Å². The number of rotatable bonds is 5. The van der Waals surface area contributed by atoms with Crippen LogP contribution in [0, 0.1) is 5.92 Å². The lowest BCUT2D eigenvalue weighted by atomic mass is 9.89. The number of fused-ring (bicyclic) bond motifs is 1. The van der Waals surface area contributed by atoms with Crippen molar-refractivity contribution in [3.05, 3.63) is 60.2 Å². The van der Waals surface area contributed by atoms with Crippen molar-refractivity contribution in [2.75, 3.05) is 12.0 Å². The van der Waals surface area contributed by atoms with E-state index in [1.54, 1.807) is 25.6 Å². The fraction of sp³-hybridized carbons (Fsp3) is 0.316. The number of nitrogens with two attached hydrogens (primary N) is 1. The number of thioether (sulfide) groups is 1. The van der Waals surface area contributed by atoms with Crippen LogP contribution in [0.4, 0.5) is 5.95 Å². The molecule has 1 heterocycles. The molecule has 2 unspecified atom stereocenters. The van der Waals surface area contributed by atoms with E-state index in [2.05, 4.69) is 17.6 Å². The zero-order chi connectivity index (χ0) is 19.1. The molecule has 1 aromatic carbocycles. The normalized spacial score (nSPS) is 18.8. The lowest BCUT2D eigenvalue weighted by molar-refractivity contribution is 0.580. The van der Waals surface area contributed by atoms with E-state index in [-0.39, 0.29) is 17.1 Å². The predicted octanol–water partition coefficient (Wildman–Crippen LogP) is 3.91. The van der Waals surface area contributed by atoms with Gasteiger partial charge in [-0.25, -0.2) is 17.4 Å². The van der Waals surface area contributed by atoms with Gasteiger partial charge in [0, 0.05) is 11.2 Å². The summed E-state index contributed by atoms with van der Waals surface area (Å²) >= 11 is 1.71. The van der Waals surface area contributed by atoms with E-state index in [1.807, 2.05) is 42.7 Å². The summed E-state index contributed by atoms with van der Waals surface area (Å²) in [7, 11) is -3.60. The molecule has 2 aromatic rings. The fourth-order valence-corrected chi connectivity index (χ4v) is 5.25. The molecule has 2 atom stereocenters. The highest BCUT2D eigenvalue weighted by molar-refractivity contribution is 7.98. The largest absolute Gasteiger partial charge is 0.368 e. The van der Waals surface area contributed by atoms with E-state index < -0.39 is 15.3 Å². The number of benzene rings is 1. The van der Waals surface area contributed by atoms with Crippen molar-refractivity contribution in [1.82, 2.24) is 8.96 Å². The van der Waals surface area contributed by atoms with Crippen molar-refractivity contribution in [2.45, 2.75) is 24.3 Å². The Morgan fingerprint density at radius 2 is 2.04 bits per heavy atom. The van der Waals surface area contributed by atoms with Gasteiger partial charge in [-0.3, -0.25) is 0 Å². The maximum atomic E-state index is 12.7. The summed E-state index contributed by atoms with van der Waals surface area (Å²) in [6.45, 7) is 7.43. The van der Waals surface area contributed by atoms with Crippen molar-refractivity contribution in [2.24, 2.45) is 5.92 Å². The fourth-order valence-electron chi connectivity index (χ4n) is 3.13. The maximum Gasteiger partial charge on any atom is 0.244 e. The van der Waals surface area contributed by atoms with Gasteiger partial charge in [0.15, 0.2) is 0 Å². The molecular formula is C19H23N3O2S2. The first-order valence-corrected chi connectivity index (χ1v) is 11.1. The third-order valence-corrected chi connectivity index (χ3v) is 7.75. The monoisotopic (exact) mass is 389 g/mol. The van der Waals surface area contributed by atoms with E-state index in [9.17, 15) is 8.42 Å². The summed E-state index contributed by atoms with van der Waals surface area (Å²) in [5, 5.41) is -0.465. The lowest BCUT2D eigenvalue weighted by Crippen LogP contribution is -2.23. The zero-order valence-electron chi connectivity index (χ0n) is 15.1. The van der Waals surface area contributed by atoms with E-state index in [4.69, 9.17) is 5.73 Å². The van der Waals surface area contributed by atoms with E-state index in [0.29, 0.717) is 11.0 Å². The lowest BCUT2D eigenvalue weighted by Gasteiger charge is -2.26. The summed E-state index contributed by atoms with van der Waals surface area (Å²) in [5.74, 6) is 0.152. The molecular weight excluding hydrogens is 366 g/mol. The van der Waals surface area contributed by atoms with Crippen molar-refractivity contribution in [1.29, 1.82) is 0 Å². The average Bonchev–Trinajstić information content (AvgIpc) is 2.92. The molecule has 0 radical (unpaired) electrons. The van der Waals surface area contributed by atoms with Gasteiger partial charge in [0.05, 0.1) is 16.3 Å². The number of hydrogen-bond acceptors (Lipinski definition) is 5. The zero-order valence-corrected chi connectivity index (χ0v) is 16.7. The molecule has 26 heavy (non-hydrogen) atoms. The number of imidazole rings is 1. The van der Waals surface area contributed by atoms with Crippen LogP contribution in [0.15, 0.2) is 54.7 Å². The van der Waals surface area contributed by atoms with Crippen molar-refractivity contribution < 1.29 is 8.42 Å². The molecule has 5 nitrogen and oxygen atoms in total. The minimum atomic E-state index is -3.60. The molecule has 7 heteroatoms. The Bertz CT molecular complexity index is 1020. The number of hydrogen-bond donors (Lipinski definition) is 1. The van der Waals surface area contributed by atoms with E-state index >= 15 is 0 Å². The smallest absolute Gasteiger partial charge is 0.244 e. The summed E-state index contributed by atoms with van der Waals surface area (Å²) < 4.78 is 26.6. The Kier molecular flexibility index (Phi) is 5.03. The van der Waals surface area contributed by atoms with Crippen LogP contribution >= 0.6 is 11.8 Å². The SMILES string of the molecule is C=C1C=CC=CC1C(SC)c1ccc2nc(N)n(S(=O)(=O)C(C)C)c2c1. The molecule has 2 N–H and O–H groups in total. The molecule has 1 aliphatic rings. The van der Waals surface area contributed by atoms with Crippen LogP contribution in [0.5, 0.6) is 0 Å². The van der Waals surface area contributed by atoms with Crippen molar-refractivity contribution in [3.8, 4) is 0 Å². The molecule has 0 spiro atoms. The highest BCUT2D eigenvalue weighted by Gasteiger charge is 2.27. The van der Waals surface area contributed by atoms with E-state index in [0.717, 1.165) is 11.1 Å². The van der Waals surface area contributed by atoms with Crippen molar-refractivity contribution in [3.63, 3.8) is 0 Å². The Balaban J connectivity index is 2.15. The highest BCUT2D eigenvalue weighted by atomic mass is 32.2. The first-order valence-electron chi connectivity index (χ1n) is 8.36. The molecule has 3 rings (SSSR count). The van der Waals surface area contributed by atoms with Crippen LogP contribution in [0.3, 0.4) is 0 Å². The first-order chi connectivity index (χ1) is 12.3. The van der Waals surface area contributed by atoms with Gasteiger partial charge < -0.3 is 5.73 Å². The van der Waals surface area contributed by atoms with Crippen LogP contribution in [-0.4, -0.2) is 28.9 Å². The Hall–Kier alpha value is -1.99. The number of aromatic nitrogens is 2. The molecule has 1 aliphatic carbocycles. The summed E-state index contributed by atoms with van der Waals surface area (Å²) in [6.07, 6.45) is 10.2. The number of nitrogens with zero attached hydrogens (tertiary/aromatic N) is 2. The van der Waals surface area contributed by atoms with Gasteiger partial charge in [0.2, 0.25) is 16.0 Å². The summed E-state index contributed by atoms with van der Waals surface area (Å²) in [4.78, 5) is 4.23. The van der Waals surface area contributed by atoms with Crippen LogP contribution in [0.25, 0.3) is 11.0 Å². The minimum Gasteiger partial charge on any atom is -0.368 e. The quantitative estimate of drug-likeness (QED) is 0.839. The van der Waals surface area contributed by atoms with Crippen LogP contribution in [0.1, 0.15) is 24.7 Å². The number of allylic oxidation sites excluding steroid dienone is 5. The van der Waals surface area contributed by atoms with E-state index in [1.165, 1.54) is 3.97 Å². The molecule has 1 aromatic heterocycles. The third-order valence-electron chi connectivity index (χ3n) is 4.59. The van der Waals surface area contributed by atoms with Crippen LogP contribution in [0.2, 0.25) is 0 Å². The average molecular weight is 390 g/mol. The Morgan fingerprint density at radius 3 is 2.65 bits per heavy atom. The Morgan fingerprint density at radius 1 is 1.31 bits per heavy atom. The number of nitrogen functional groups attached to an aromatic ring is 1. The van der Waals surface area contributed by atoms with Crippen LogP contribution < -0.4 is 5.73 Å². The highest BCUT2D eigenvalue weighted by Crippen LogP contribution is 2.41. The summed E-state index contributed by atoms with van der Waals surface area (Å²) in [5.41, 5.74) is 9.09. The van der Waals surface area contributed by atoms with Gasteiger partial charge in [-0.15, -0.1) is 0 Å². The molecule has 138 valence electrons. The molecule has 0 saturated carbocycles. The molecule has 0 saturated heterocycles. The first kappa shape index (κ1) is 18.8. The maximum absolute atomic E-state index is 12.7. The molecule has 0 amide bonds. The minimum absolute atomic E-state index is 0.00328. The Labute approximate surface area is 158 Å². The molecule has 0 bridgehead atoms. The predicted molar refractivity (Wildman–Crippen MR) is 111 cm³/mol. The van der Waals surface area contributed by atoms with Gasteiger partial charge in [-0.2, -0.15) is 11.8 Å². The van der Waals surface area contributed by atoms with Gasteiger partial charge in [-0.05, 0) is 43.4 Å². The third kappa shape index (κ3) is 3.10.